The fourth-order valence-electron chi connectivity index (χ4n) is 2.46. The number of piperidine rings is 1. The predicted octanol–water partition coefficient (Wildman–Crippen LogP) is 1.80. The molecule has 0 radical (unpaired) electrons. The number of nitrogens with one attached hydrogen (secondary N) is 2. The molecule has 2 rings (SSSR count). The Morgan fingerprint density at radius 1 is 1.40 bits per heavy atom. The molecule has 0 bridgehead atoms. The molecule has 1 fully saturated rings. The molecule has 2 N–H and O–H groups in total. The van der Waals surface area contributed by atoms with Crippen molar-refractivity contribution in [3.63, 3.8) is 0 Å². The lowest BCUT2D eigenvalue weighted by atomic mass is 9.92. The zero-order chi connectivity index (χ0) is 14.5. The molecule has 1 aliphatic rings. The quantitative estimate of drug-likeness (QED) is 0.826. The molecule has 1 heterocycles. The maximum atomic E-state index is 12.2. The van der Waals surface area contributed by atoms with E-state index in [-0.39, 0.29) is 11.8 Å². The van der Waals surface area contributed by atoms with Gasteiger partial charge in [0, 0.05) is 17.6 Å². The molecule has 0 aromatic heterocycles. The van der Waals surface area contributed by atoms with Gasteiger partial charge in [-0.15, -0.1) is 0 Å². The number of rotatable bonds is 3. The molecule has 0 unspecified atom stereocenters. The Kier molecular flexibility index (Phi) is 4.74. The summed E-state index contributed by atoms with van der Waals surface area (Å²) in [5.74, 6) is -0.370. The summed E-state index contributed by atoms with van der Waals surface area (Å²) in [5, 5.41) is 6.20. The summed E-state index contributed by atoms with van der Waals surface area (Å²) in [6, 6.07) is 7.16. The second-order valence-corrected chi connectivity index (χ2v) is 5.14. The van der Waals surface area contributed by atoms with Crippen LogP contribution in [0.4, 0.5) is 5.69 Å². The number of amides is 1. The molecule has 0 aliphatic carbocycles. The number of hydrogen-bond donors (Lipinski definition) is 2. The van der Waals surface area contributed by atoms with Gasteiger partial charge in [0.1, 0.15) is 0 Å². The first-order valence-corrected chi connectivity index (χ1v) is 6.82. The molecular formula is C15H20N2O3. The van der Waals surface area contributed by atoms with Crippen LogP contribution in [-0.2, 0) is 9.53 Å². The minimum atomic E-state index is -0.406. The highest BCUT2D eigenvalue weighted by atomic mass is 16.5. The van der Waals surface area contributed by atoms with Crippen LogP contribution < -0.4 is 10.6 Å². The van der Waals surface area contributed by atoms with Crippen molar-refractivity contribution in [1.82, 2.24) is 5.32 Å². The van der Waals surface area contributed by atoms with Crippen molar-refractivity contribution in [1.29, 1.82) is 0 Å². The molecule has 1 aromatic rings. The Hall–Kier alpha value is -1.88. The summed E-state index contributed by atoms with van der Waals surface area (Å²) in [5.41, 5.74) is 1.06. The summed E-state index contributed by atoms with van der Waals surface area (Å²) < 4.78 is 4.67. The van der Waals surface area contributed by atoms with Gasteiger partial charge in [-0.3, -0.25) is 4.79 Å². The summed E-state index contributed by atoms with van der Waals surface area (Å²) in [7, 11) is 1.34. The Bertz CT molecular complexity index is 502. The fourth-order valence-corrected chi connectivity index (χ4v) is 2.46. The molecule has 108 valence electrons. The summed E-state index contributed by atoms with van der Waals surface area (Å²) in [4.78, 5) is 23.7. The molecule has 5 nitrogen and oxygen atoms in total. The van der Waals surface area contributed by atoms with Crippen LogP contribution in [0.1, 0.15) is 30.1 Å². The molecular weight excluding hydrogens is 256 g/mol. The lowest BCUT2D eigenvalue weighted by Gasteiger charge is -2.27. The number of carbonyl (C=O) groups is 2. The summed E-state index contributed by atoms with van der Waals surface area (Å²) >= 11 is 0. The fraction of sp³-hybridized carbons (Fsp3) is 0.467. The van der Waals surface area contributed by atoms with Gasteiger partial charge in [0.2, 0.25) is 5.91 Å². The van der Waals surface area contributed by atoms with Gasteiger partial charge in [-0.2, -0.15) is 0 Å². The second kappa shape index (κ2) is 6.52. The summed E-state index contributed by atoms with van der Waals surface area (Å²) in [6.45, 7) is 2.94. The number of esters is 1. The molecule has 1 amide bonds. The van der Waals surface area contributed by atoms with E-state index in [0.29, 0.717) is 17.3 Å². The monoisotopic (exact) mass is 276 g/mol. The van der Waals surface area contributed by atoms with E-state index in [1.165, 1.54) is 7.11 Å². The highest BCUT2D eigenvalue weighted by Crippen LogP contribution is 2.19. The number of anilines is 1. The van der Waals surface area contributed by atoms with Crippen LogP contribution in [0, 0.1) is 5.92 Å². The maximum absolute atomic E-state index is 12.2. The van der Waals surface area contributed by atoms with Crippen LogP contribution in [0.15, 0.2) is 24.3 Å². The first kappa shape index (κ1) is 14.5. The number of methoxy groups -OCH3 is 1. The Morgan fingerprint density at radius 2 is 2.20 bits per heavy atom. The lowest BCUT2D eigenvalue weighted by molar-refractivity contribution is -0.120. The zero-order valence-corrected chi connectivity index (χ0v) is 11.8. The van der Waals surface area contributed by atoms with Gasteiger partial charge in [0.15, 0.2) is 0 Å². The highest BCUT2D eigenvalue weighted by molar-refractivity contribution is 5.95. The average Bonchev–Trinajstić information content (AvgIpc) is 2.46. The van der Waals surface area contributed by atoms with E-state index in [9.17, 15) is 9.59 Å². The maximum Gasteiger partial charge on any atom is 0.337 e. The third-order valence-corrected chi connectivity index (χ3v) is 3.55. The Morgan fingerprint density at radius 3 is 2.90 bits per heavy atom. The smallest absolute Gasteiger partial charge is 0.337 e. The minimum absolute atomic E-state index is 0.0142. The molecule has 1 aromatic carbocycles. The first-order valence-electron chi connectivity index (χ1n) is 6.82. The van der Waals surface area contributed by atoms with Crippen LogP contribution in [-0.4, -0.2) is 31.6 Å². The van der Waals surface area contributed by atoms with E-state index in [4.69, 9.17) is 0 Å². The first-order chi connectivity index (χ1) is 9.60. The molecule has 0 spiro atoms. The van der Waals surface area contributed by atoms with Gasteiger partial charge in [-0.05, 0) is 44.5 Å². The van der Waals surface area contributed by atoms with Gasteiger partial charge < -0.3 is 15.4 Å². The van der Waals surface area contributed by atoms with Crippen LogP contribution >= 0.6 is 0 Å². The largest absolute Gasteiger partial charge is 0.465 e. The third kappa shape index (κ3) is 3.57. The normalized spacial score (nSPS) is 22.1. The van der Waals surface area contributed by atoms with Crippen molar-refractivity contribution in [2.45, 2.75) is 25.8 Å². The van der Waals surface area contributed by atoms with Crippen molar-refractivity contribution in [3.8, 4) is 0 Å². The number of ether oxygens (including phenoxy) is 1. The SMILES string of the molecule is COC(=O)c1cccc(NC(=O)[C@H]2CCN[C@@H](C)C2)c1. The van der Waals surface area contributed by atoms with Crippen molar-refractivity contribution >= 4 is 17.6 Å². The van der Waals surface area contributed by atoms with Crippen molar-refractivity contribution in [2.75, 3.05) is 19.0 Å². The van der Waals surface area contributed by atoms with E-state index in [1.807, 2.05) is 0 Å². The standard InChI is InChI=1S/C15H20N2O3/c1-10-8-11(6-7-16-10)14(18)17-13-5-3-4-12(9-13)15(19)20-2/h3-5,9-11,16H,6-8H2,1-2H3,(H,17,18)/t10-,11-/m0/s1. The number of hydrogen-bond acceptors (Lipinski definition) is 4. The van der Waals surface area contributed by atoms with Crippen molar-refractivity contribution < 1.29 is 14.3 Å². The van der Waals surface area contributed by atoms with Gasteiger partial charge in [-0.25, -0.2) is 4.79 Å². The Labute approximate surface area is 118 Å². The zero-order valence-electron chi connectivity index (χ0n) is 11.8. The predicted molar refractivity (Wildman–Crippen MR) is 76.6 cm³/mol. The van der Waals surface area contributed by atoms with E-state index in [1.54, 1.807) is 24.3 Å². The second-order valence-electron chi connectivity index (χ2n) is 5.14. The molecule has 20 heavy (non-hydrogen) atoms. The van der Waals surface area contributed by atoms with E-state index in [0.717, 1.165) is 19.4 Å². The molecule has 1 saturated heterocycles. The van der Waals surface area contributed by atoms with Gasteiger partial charge in [0.25, 0.3) is 0 Å². The molecule has 2 atom stereocenters. The van der Waals surface area contributed by atoms with E-state index in [2.05, 4.69) is 22.3 Å². The van der Waals surface area contributed by atoms with Crippen LogP contribution in [0.2, 0.25) is 0 Å². The van der Waals surface area contributed by atoms with Crippen LogP contribution in [0.3, 0.4) is 0 Å². The number of benzene rings is 1. The topological polar surface area (TPSA) is 67.4 Å². The van der Waals surface area contributed by atoms with Crippen molar-refractivity contribution in [3.05, 3.63) is 29.8 Å². The minimum Gasteiger partial charge on any atom is -0.465 e. The highest BCUT2D eigenvalue weighted by Gasteiger charge is 2.24. The van der Waals surface area contributed by atoms with Crippen molar-refractivity contribution in [2.24, 2.45) is 5.92 Å². The van der Waals surface area contributed by atoms with E-state index < -0.39 is 5.97 Å². The molecule has 0 saturated carbocycles. The van der Waals surface area contributed by atoms with Crippen LogP contribution in [0.5, 0.6) is 0 Å². The van der Waals surface area contributed by atoms with Gasteiger partial charge >= 0.3 is 5.97 Å². The van der Waals surface area contributed by atoms with Gasteiger partial charge in [0.05, 0.1) is 12.7 Å². The number of carbonyl (C=O) groups excluding carboxylic acids is 2. The lowest BCUT2D eigenvalue weighted by Crippen LogP contribution is -2.40. The average molecular weight is 276 g/mol. The van der Waals surface area contributed by atoms with Crippen LogP contribution in [0.25, 0.3) is 0 Å². The Balaban J connectivity index is 2.02. The third-order valence-electron chi connectivity index (χ3n) is 3.55. The molecule has 5 heteroatoms. The summed E-state index contributed by atoms with van der Waals surface area (Å²) in [6.07, 6.45) is 1.68. The van der Waals surface area contributed by atoms with E-state index >= 15 is 0 Å². The molecule has 1 aliphatic heterocycles. The van der Waals surface area contributed by atoms with Gasteiger partial charge in [-0.1, -0.05) is 6.07 Å².